The second-order valence-electron chi connectivity index (χ2n) is 6.86. The average molecular weight is 400 g/mol. The van der Waals surface area contributed by atoms with E-state index in [0.717, 1.165) is 5.39 Å². The molecule has 4 aromatic rings. The topological polar surface area (TPSA) is 106 Å². The van der Waals surface area contributed by atoms with Gasteiger partial charge in [-0.2, -0.15) is 4.98 Å². The van der Waals surface area contributed by atoms with Crippen molar-refractivity contribution in [2.75, 3.05) is 5.32 Å². The number of oxazole rings is 1. The Morgan fingerprint density at radius 3 is 2.75 bits per heavy atom. The maximum absolute atomic E-state index is 12.5. The third kappa shape index (κ3) is 3.16. The summed E-state index contributed by atoms with van der Waals surface area (Å²) >= 11 is 6.05. The highest BCUT2D eigenvalue weighted by Crippen LogP contribution is 2.22. The van der Waals surface area contributed by atoms with Crippen LogP contribution in [0.4, 0.5) is 5.95 Å². The maximum atomic E-state index is 12.5. The maximum Gasteiger partial charge on any atom is 0.421 e. The van der Waals surface area contributed by atoms with Gasteiger partial charge in [-0.1, -0.05) is 11.6 Å². The van der Waals surface area contributed by atoms with Gasteiger partial charge in [-0.15, -0.1) is 0 Å². The summed E-state index contributed by atoms with van der Waals surface area (Å²) in [6.07, 6.45) is 1.45. The highest BCUT2D eigenvalue weighted by molar-refractivity contribution is 6.31. The Balaban J connectivity index is 1.72. The molecular formula is C19H18ClN5O3. The van der Waals surface area contributed by atoms with Crippen LogP contribution in [0.1, 0.15) is 38.4 Å². The van der Waals surface area contributed by atoms with Crippen molar-refractivity contribution in [3.05, 3.63) is 62.0 Å². The number of anilines is 1. The van der Waals surface area contributed by atoms with Crippen LogP contribution < -0.4 is 16.6 Å². The van der Waals surface area contributed by atoms with E-state index in [1.165, 1.54) is 10.8 Å². The van der Waals surface area contributed by atoms with Crippen molar-refractivity contribution in [2.45, 2.75) is 32.9 Å². The van der Waals surface area contributed by atoms with Crippen molar-refractivity contribution in [2.24, 2.45) is 0 Å². The van der Waals surface area contributed by atoms with Crippen molar-refractivity contribution in [3.63, 3.8) is 0 Å². The van der Waals surface area contributed by atoms with E-state index in [9.17, 15) is 9.59 Å². The first kappa shape index (κ1) is 18.2. The number of H-pyrrole nitrogens is 1. The monoisotopic (exact) mass is 399 g/mol. The molecule has 144 valence electrons. The Labute approximate surface area is 164 Å². The molecular weight excluding hydrogens is 382 g/mol. The van der Waals surface area contributed by atoms with E-state index in [0.29, 0.717) is 33.3 Å². The highest BCUT2D eigenvalue weighted by Gasteiger charge is 2.17. The third-order valence-electron chi connectivity index (χ3n) is 4.52. The van der Waals surface area contributed by atoms with Gasteiger partial charge in [0.25, 0.3) is 5.56 Å². The van der Waals surface area contributed by atoms with E-state index < -0.39 is 5.76 Å². The van der Waals surface area contributed by atoms with Crippen LogP contribution in [0.5, 0.6) is 0 Å². The molecule has 0 radical (unpaired) electrons. The first-order valence-electron chi connectivity index (χ1n) is 8.80. The lowest BCUT2D eigenvalue weighted by molar-refractivity contribution is 0.477. The number of nitrogens with zero attached hydrogens (tertiary/aromatic N) is 3. The minimum atomic E-state index is -0.479. The average Bonchev–Trinajstić information content (AvgIpc) is 2.96. The molecule has 0 saturated carbocycles. The lowest BCUT2D eigenvalue weighted by Crippen LogP contribution is -2.20. The Kier molecular flexibility index (Phi) is 4.43. The number of benzene rings is 1. The predicted octanol–water partition coefficient (Wildman–Crippen LogP) is 3.63. The lowest BCUT2D eigenvalue weighted by Gasteiger charge is -2.14. The van der Waals surface area contributed by atoms with Gasteiger partial charge in [-0.05, 0) is 45.0 Å². The van der Waals surface area contributed by atoms with Gasteiger partial charge in [0.05, 0.1) is 12.2 Å². The zero-order valence-electron chi connectivity index (χ0n) is 15.5. The Bertz CT molecular complexity index is 1300. The van der Waals surface area contributed by atoms with Crippen LogP contribution in [-0.4, -0.2) is 19.5 Å². The fourth-order valence-electron chi connectivity index (χ4n) is 3.15. The number of nitrogens with one attached hydrogen (secondary N) is 2. The minimum Gasteiger partial charge on any atom is -0.404 e. The standard InChI is InChI=1S/C19H18ClN5O3/c1-9(2)25-16-15(28-19(25)27)8-21-18(24-16)22-10(3)13-7-11-6-12(20)4-5-14(11)23-17(13)26/h4-10H,1-3H3,(H,23,26)(H,21,22,24)/t10-/m0/s1. The van der Waals surface area contributed by atoms with Gasteiger partial charge >= 0.3 is 5.76 Å². The molecule has 0 aliphatic rings. The largest absolute Gasteiger partial charge is 0.421 e. The molecule has 0 fully saturated rings. The van der Waals surface area contributed by atoms with Crippen molar-refractivity contribution >= 4 is 39.7 Å². The molecule has 2 N–H and O–H groups in total. The van der Waals surface area contributed by atoms with E-state index in [1.807, 2.05) is 20.8 Å². The third-order valence-corrected chi connectivity index (χ3v) is 4.76. The molecule has 0 bridgehead atoms. The smallest absolute Gasteiger partial charge is 0.404 e. The van der Waals surface area contributed by atoms with Gasteiger partial charge in [0, 0.05) is 27.5 Å². The van der Waals surface area contributed by atoms with Gasteiger partial charge in [-0.25, -0.2) is 9.78 Å². The number of aromatic amines is 1. The van der Waals surface area contributed by atoms with E-state index in [-0.39, 0.29) is 17.6 Å². The minimum absolute atomic E-state index is 0.109. The molecule has 0 spiro atoms. The summed E-state index contributed by atoms with van der Waals surface area (Å²) in [5, 5.41) is 4.53. The molecule has 0 aliphatic carbocycles. The summed E-state index contributed by atoms with van der Waals surface area (Å²) in [6, 6.07) is 6.58. The van der Waals surface area contributed by atoms with E-state index in [2.05, 4.69) is 20.3 Å². The Hall–Kier alpha value is -3.13. The quantitative estimate of drug-likeness (QED) is 0.542. The molecule has 1 aromatic carbocycles. The highest BCUT2D eigenvalue weighted by atomic mass is 35.5. The second-order valence-corrected chi connectivity index (χ2v) is 7.30. The van der Waals surface area contributed by atoms with Gasteiger partial charge in [-0.3, -0.25) is 9.36 Å². The number of halogens is 1. The van der Waals surface area contributed by atoms with Gasteiger partial charge in [0.15, 0.2) is 11.2 Å². The molecule has 0 amide bonds. The van der Waals surface area contributed by atoms with E-state index >= 15 is 0 Å². The number of hydrogen-bond donors (Lipinski definition) is 2. The zero-order valence-corrected chi connectivity index (χ0v) is 16.2. The first-order valence-corrected chi connectivity index (χ1v) is 9.18. The molecule has 3 aromatic heterocycles. The number of pyridine rings is 1. The van der Waals surface area contributed by atoms with Crippen molar-refractivity contribution in [3.8, 4) is 0 Å². The van der Waals surface area contributed by atoms with Crippen LogP contribution in [0.2, 0.25) is 5.02 Å². The van der Waals surface area contributed by atoms with Crippen molar-refractivity contribution in [1.82, 2.24) is 19.5 Å². The van der Waals surface area contributed by atoms with Crippen LogP contribution >= 0.6 is 11.6 Å². The summed E-state index contributed by atoms with van der Waals surface area (Å²) in [5.74, 6) is -0.187. The van der Waals surface area contributed by atoms with E-state index in [4.69, 9.17) is 16.0 Å². The molecule has 4 rings (SSSR count). The lowest BCUT2D eigenvalue weighted by atomic mass is 10.1. The van der Waals surface area contributed by atoms with Gasteiger partial charge in [0.1, 0.15) is 0 Å². The zero-order chi connectivity index (χ0) is 20.0. The summed E-state index contributed by atoms with van der Waals surface area (Å²) in [4.78, 5) is 35.9. The van der Waals surface area contributed by atoms with Crippen LogP contribution in [0.3, 0.4) is 0 Å². The van der Waals surface area contributed by atoms with Gasteiger partial charge in [0.2, 0.25) is 5.95 Å². The number of fused-ring (bicyclic) bond motifs is 2. The van der Waals surface area contributed by atoms with Crippen LogP contribution in [0, 0.1) is 0 Å². The molecule has 1 atom stereocenters. The predicted molar refractivity (Wildman–Crippen MR) is 108 cm³/mol. The van der Waals surface area contributed by atoms with Crippen LogP contribution in [0.15, 0.2) is 44.5 Å². The molecule has 0 aliphatic heterocycles. The SMILES string of the molecule is CC(C)n1c(=O)oc2cnc(N[C@@H](C)c3cc4cc(Cl)ccc4[nH]c3=O)nc21. The fraction of sp³-hybridized carbons (Fsp3) is 0.263. The number of rotatable bonds is 4. The molecule has 0 unspecified atom stereocenters. The summed E-state index contributed by atoms with van der Waals surface area (Å²) < 4.78 is 6.63. The van der Waals surface area contributed by atoms with E-state index in [1.54, 1.807) is 24.3 Å². The van der Waals surface area contributed by atoms with Crippen LogP contribution in [-0.2, 0) is 0 Å². The second kappa shape index (κ2) is 6.79. The van der Waals surface area contributed by atoms with Gasteiger partial charge < -0.3 is 14.7 Å². The van der Waals surface area contributed by atoms with Crippen LogP contribution in [0.25, 0.3) is 22.1 Å². The molecule has 0 saturated heterocycles. The Morgan fingerprint density at radius 1 is 1.21 bits per heavy atom. The summed E-state index contributed by atoms with van der Waals surface area (Å²) in [5.41, 5.74) is 1.74. The summed E-state index contributed by atoms with van der Waals surface area (Å²) in [7, 11) is 0. The van der Waals surface area contributed by atoms with Crippen molar-refractivity contribution in [1.29, 1.82) is 0 Å². The fourth-order valence-corrected chi connectivity index (χ4v) is 3.33. The van der Waals surface area contributed by atoms with Crippen molar-refractivity contribution < 1.29 is 4.42 Å². The molecule has 8 nitrogen and oxygen atoms in total. The summed E-state index contributed by atoms with van der Waals surface area (Å²) in [6.45, 7) is 5.57. The first-order chi connectivity index (χ1) is 13.3. The number of hydrogen-bond acceptors (Lipinski definition) is 6. The molecule has 9 heteroatoms. The molecule has 28 heavy (non-hydrogen) atoms. The normalized spacial score (nSPS) is 12.8. The molecule has 3 heterocycles. The Morgan fingerprint density at radius 2 is 2.00 bits per heavy atom. The number of aromatic nitrogens is 4.